The second-order valence-electron chi connectivity index (χ2n) is 4.65. The Labute approximate surface area is 135 Å². The third-order valence-corrected chi connectivity index (χ3v) is 3.58. The molecule has 112 valence electrons. The molecule has 0 aliphatic carbocycles. The summed E-state index contributed by atoms with van der Waals surface area (Å²) in [6, 6.07) is 11.9. The Morgan fingerprint density at radius 2 is 1.91 bits per heavy atom. The quantitative estimate of drug-likeness (QED) is 0.501. The van der Waals surface area contributed by atoms with Crippen LogP contribution in [0.4, 0.5) is 11.4 Å². The molecule has 0 aliphatic heterocycles. The highest BCUT2D eigenvalue weighted by molar-refractivity contribution is 9.10. The van der Waals surface area contributed by atoms with Gasteiger partial charge in [-0.2, -0.15) is 0 Å². The van der Waals surface area contributed by atoms with E-state index in [1.807, 2.05) is 31.2 Å². The largest absolute Gasteiger partial charge is 0.321 e. The Morgan fingerprint density at radius 3 is 2.50 bits per heavy atom. The number of halogens is 1. The summed E-state index contributed by atoms with van der Waals surface area (Å²) in [4.78, 5) is 22.0. The normalized spacial score (nSPS) is 10.6. The maximum atomic E-state index is 11.9. The van der Waals surface area contributed by atoms with Crippen molar-refractivity contribution in [2.75, 3.05) is 5.32 Å². The molecule has 5 nitrogen and oxygen atoms in total. The number of hydrogen-bond acceptors (Lipinski definition) is 3. The molecule has 0 radical (unpaired) electrons. The number of hydrogen-bond donors (Lipinski definition) is 1. The number of nitro groups is 1. The van der Waals surface area contributed by atoms with Crippen LogP contribution in [-0.2, 0) is 4.79 Å². The van der Waals surface area contributed by atoms with Crippen LogP contribution >= 0.6 is 15.9 Å². The summed E-state index contributed by atoms with van der Waals surface area (Å²) >= 11 is 3.20. The van der Waals surface area contributed by atoms with Crippen molar-refractivity contribution in [3.8, 4) is 0 Å². The maximum absolute atomic E-state index is 11.9. The van der Waals surface area contributed by atoms with Crippen molar-refractivity contribution in [3.05, 3.63) is 74.3 Å². The van der Waals surface area contributed by atoms with Gasteiger partial charge in [-0.05, 0) is 40.6 Å². The topological polar surface area (TPSA) is 72.2 Å². The Morgan fingerprint density at radius 1 is 1.23 bits per heavy atom. The standard InChI is InChI=1S/C16H13BrN2O3/c1-11-2-4-12(5-3-11)6-9-16(20)18-15-8-7-13(19(21)22)10-14(15)17/h2-10H,1H3,(H,18,20)/b9-6+. The second-order valence-corrected chi connectivity index (χ2v) is 5.51. The van der Waals surface area contributed by atoms with Crippen molar-refractivity contribution in [1.29, 1.82) is 0 Å². The van der Waals surface area contributed by atoms with E-state index in [9.17, 15) is 14.9 Å². The molecule has 0 heterocycles. The summed E-state index contributed by atoms with van der Waals surface area (Å²) in [6.45, 7) is 1.99. The Kier molecular flexibility index (Phi) is 5.06. The highest BCUT2D eigenvalue weighted by Crippen LogP contribution is 2.27. The maximum Gasteiger partial charge on any atom is 0.270 e. The second kappa shape index (κ2) is 7.00. The van der Waals surface area contributed by atoms with Crippen molar-refractivity contribution in [2.45, 2.75) is 6.92 Å². The van der Waals surface area contributed by atoms with Crippen molar-refractivity contribution in [2.24, 2.45) is 0 Å². The number of amides is 1. The predicted octanol–water partition coefficient (Wildman–Crippen LogP) is 4.32. The van der Waals surface area contributed by atoms with Gasteiger partial charge in [0.2, 0.25) is 5.91 Å². The van der Waals surface area contributed by atoms with Crippen molar-refractivity contribution < 1.29 is 9.72 Å². The fourth-order valence-corrected chi connectivity index (χ4v) is 2.21. The van der Waals surface area contributed by atoms with Gasteiger partial charge in [-0.3, -0.25) is 14.9 Å². The molecule has 2 aromatic rings. The van der Waals surface area contributed by atoms with E-state index in [-0.39, 0.29) is 11.6 Å². The summed E-state index contributed by atoms with van der Waals surface area (Å²) in [5, 5.41) is 13.3. The van der Waals surface area contributed by atoms with Crippen LogP contribution in [0.25, 0.3) is 6.08 Å². The molecule has 6 heteroatoms. The monoisotopic (exact) mass is 360 g/mol. The molecule has 0 unspecified atom stereocenters. The smallest absolute Gasteiger partial charge is 0.270 e. The van der Waals surface area contributed by atoms with Crippen molar-refractivity contribution >= 4 is 39.3 Å². The zero-order valence-corrected chi connectivity index (χ0v) is 13.3. The van der Waals surface area contributed by atoms with Gasteiger partial charge in [-0.1, -0.05) is 29.8 Å². The number of rotatable bonds is 4. The van der Waals surface area contributed by atoms with E-state index in [2.05, 4.69) is 21.2 Å². The van der Waals surface area contributed by atoms with Gasteiger partial charge >= 0.3 is 0 Å². The van der Waals surface area contributed by atoms with Crippen molar-refractivity contribution in [1.82, 2.24) is 0 Å². The average molecular weight is 361 g/mol. The number of anilines is 1. The highest BCUT2D eigenvalue weighted by Gasteiger charge is 2.10. The lowest BCUT2D eigenvalue weighted by Crippen LogP contribution is -2.08. The Hall–Kier alpha value is -2.47. The zero-order chi connectivity index (χ0) is 16.1. The van der Waals surface area contributed by atoms with E-state index in [0.717, 1.165) is 11.1 Å². The molecule has 0 atom stereocenters. The van der Waals surface area contributed by atoms with E-state index >= 15 is 0 Å². The van der Waals surface area contributed by atoms with E-state index in [4.69, 9.17) is 0 Å². The van der Waals surface area contributed by atoms with E-state index in [0.29, 0.717) is 10.2 Å². The molecular formula is C16H13BrN2O3. The molecule has 22 heavy (non-hydrogen) atoms. The molecule has 0 saturated heterocycles. The highest BCUT2D eigenvalue weighted by atomic mass is 79.9. The summed E-state index contributed by atoms with van der Waals surface area (Å²) in [7, 11) is 0. The number of nitro benzene ring substituents is 1. The summed E-state index contributed by atoms with van der Waals surface area (Å²) in [6.07, 6.45) is 3.12. The number of carbonyl (C=O) groups excluding carboxylic acids is 1. The number of nitrogens with one attached hydrogen (secondary N) is 1. The third kappa shape index (κ3) is 4.26. The first-order valence-electron chi connectivity index (χ1n) is 6.45. The van der Waals surface area contributed by atoms with Crippen LogP contribution in [0.5, 0.6) is 0 Å². The molecule has 0 saturated carbocycles. The number of non-ortho nitro benzene ring substituents is 1. The molecular weight excluding hydrogens is 348 g/mol. The van der Waals surface area contributed by atoms with Crippen LogP contribution < -0.4 is 5.32 Å². The Bertz CT molecular complexity index is 740. The van der Waals surface area contributed by atoms with Gasteiger partial charge in [-0.15, -0.1) is 0 Å². The van der Waals surface area contributed by atoms with Crippen LogP contribution in [0, 0.1) is 17.0 Å². The number of nitrogens with zero attached hydrogens (tertiary/aromatic N) is 1. The Balaban J connectivity index is 2.05. The van der Waals surface area contributed by atoms with Gasteiger partial charge in [0.15, 0.2) is 0 Å². The zero-order valence-electron chi connectivity index (χ0n) is 11.7. The van der Waals surface area contributed by atoms with Gasteiger partial charge in [0.1, 0.15) is 0 Å². The van der Waals surface area contributed by atoms with E-state index in [1.165, 1.54) is 24.3 Å². The lowest BCUT2D eigenvalue weighted by atomic mass is 10.1. The average Bonchev–Trinajstić information content (AvgIpc) is 2.48. The minimum Gasteiger partial charge on any atom is -0.321 e. The summed E-state index contributed by atoms with van der Waals surface area (Å²) < 4.78 is 0.457. The van der Waals surface area contributed by atoms with Crippen molar-refractivity contribution in [3.63, 3.8) is 0 Å². The molecule has 0 aliphatic rings. The van der Waals surface area contributed by atoms with E-state index < -0.39 is 4.92 Å². The fraction of sp³-hybridized carbons (Fsp3) is 0.0625. The number of carbonyl (C=O) groups is 1. The summed E-state index contributed by atoms with van der Waals surface area (Å²) in [5.41, 5.74) is 2.50. The molecule has 1 N–H and O–H groups in total. The lowest BCUT2D eigenvalue weighted by molar-refractivity contribution is -0.384. The van der Waals surface area contributed by atoms with Crippen LogP contribution in [0.2, 0.25) is 0 Å². The summed E-state index contributed by atoms with van der Waals surface area (Å²) in [5.74, 6) is -0.310. The first-order valence-corrected chi connectivity index (χ1v) is 7.24. The van der Waals surface area contributed by atoms with Crippen LogP contribution in [-0.4, -0.2) is 10.8 Å². The van der Waals surface area contributed by atoms with Gasteiger partial charge in [0.25, 0.3) is 5.69 Å². The molecule has 0 bridgehead atoms. The van der Waals surface area contributed by atoms with Gasteiger partial charge in [0.05, 0.1) is 10.6 Å². The minimum atomic E-state index is -0.492. The van der Waals surface area contributed by atoms with Gasteiger partial charge in [0, 0.05) is 22.7 Å². The van der Waals surface area contributed by atoms with Crippen LogP contribution in [0.15, 0.2) is 53.0 Å². The first kappa shape index (κ1) is 15.9. The van der Waals surface area contributed by atoms with Crippen LogP contribution in [0.1, 0.15) is 11.1 Å². The molecule has 0 aromatic heterocycles. The first-order chi connectivity index (χ1) is 10.5. The molecule has 0 spiro atoms. The van der Waals surface area contributed by atoms with E-state index in [1.54, 1.807) is 6.08 Å². The number of benzene rings is 2. The van der Waals surface area contributed by atoms with Gasteiger partial charge in [-0.25, -0.2) is 0 Å². The minimum absolute atomic E-state index is 0.0416. The van der Waals surface area contributed by atoms with Crippen LogP contribution in [0.3, 0.4) is 0 Å². The lowest BCUT2D eigenvalue weighted by Gasteiger charge is -2.04. The third-order valence-electron chi connectivity index (χ3n) is 2.93. The fourth-order valence-electron chi connectivity index (χ4n) is 1.74. The molecule has 1 amide bonds. The molecule has 2 rings (SSSR count). The van der Waals surface area contributed by atoms with Gasteiger partial charge < -0.3 is 5.32 Å². The SMILES string of the molecule is Cc1ccc(/C=C/C(=O)Nc2ccc([N+](=O)[O-])cc2Br)cc1. The predicted molar refractivity (Wildman–Crippen MR) is 89.6 cm³/mol. The number of aryl methyl sites for hydroxylation is 1. The molecule has 0 fully saturated rings. The molecule has 2 aromatic carbocycles.